The molecule has 7 heteroatoms. The molecule has 0 bridgehead atoms. The van der Waals surface area contributed by atoms with Gasteiger partial charge in [-0.15, -0.1) is 0 Å². The molecule has 5 nitrogen and oxygen atoms in total. The van der Waals surface area contributed by atoms with Gasteiger partial charge in [0.15, 0.2) is 0 Å². The molecule has 112 valence electrons. The smallest absolute Gasteiger partial charge is 0.243 e. The highest BCUT2D eigenvalue weighted by atomic mass is 32.2. The van der Waals surface area contributed by atoms with E-state index in [-0.39, 0.29) is 16.5 Å². The van der Waals surface area contributed by atoms with Crippen LogP contribution in [0.15, 0.2) is 23.1 Å². The summed E-state index contributed by atoms with van der Waals surface area (Å²) in [6.45, 7) is 1.84. The molecule has 2 unspecified atom stereocenters. The molecule has 1 aromatic rings. The third-order valence-corrected chi connectivity index (χ3v) is 6.09. The summed E-state index contributed by atoms with van der Waals surface area (Å²) >= 11 is 0. The Morgan fingerprint density at radius 2 is 2.19 bits per heavy atom. The molecule has 2 heterocycles. The van der Waals surface area contributed by atoms with E-state index in [1.54, 1.807) is 6.07 Å². The fraction of sp³-hybridized carbons (Fsp3) is 0.500. The van der Waals surface area contributed by atoms with Crippen molar-refractivity contribution in [3.05, 3.63) is 29.6 Å². The summed E-state index contributed by atoms with van der Waals surface area (Å²) < 4.78 is 40.0. The van der Waals surface area contributed by atoms with Gasteiger partial charge in [-0.1, -0.05) is 0 Å². The Hall–Kier alpha value is -1.49. The Labute approximate surface area is 123 Å². The molecule has 2 saturated heterocycles. The maximum atomic E-state index is 13.3. The number of nitriles is 1. The normalized spacial score (nSPS) is 26.3. The molecule has 21 heavy (non-hydrogen) atoms. The van der Waals surface area contributed by atoms with E-state index in [4.69, 9.17) is 5.26 Å². The third kappa shape index (κ3) is 2.55. The highest BCUT2D eigenvalue weighted by Crippen LogP contribution is 2.29. The number of sulfonamides is 1. The molecule has 0 spiro atoms. The number of nitrogens with one attached hydrogen (secondary N) is 1. The minimum Gasteiger partial charge on any atom is -0.312 e. The van der Waals surface area contributed by atoms with E-state index in [9.17, 15) is 12.8 Å². The molecule has 2 aliphatic rings. The van der Waals surface area contributed by atoms with Crippen LogP contribution in [-0.4, -0.2) is 38.4 Å². The topological polar surface area (TPSA) is 73.2 Å². The molecule has 0 amide bonds. The fourth-order valence-electron chi connectivity index (χ4n) is 3.10. The Morgan fingerprint density at radius 3 is 2.90 bits per heavy atom. The van der Waals surface area contributed by atoms with Crippen LogP contribution in [0, 0.1) is 23.1 Å². The minimum absolute atomic E-state index is 0.0147. The molecule has 0 aliphatic carbocycles. The summed E-state index contributed by atoms with van der Waals surface area (Å²) in [7, 11) is -3.67. The second-order valence-electron chi connectivity index (χ2n) is 5.54. The van der Waals surface area contributed by atoms with E-state index < -0.39 is 15.8 Å². The van der Waals surface area contributed by atoms with Gasteiger partial charge in [0.2, 0.25) is 10.0 Å². The predicted molar refractivity (Wildman–Crippen MR) is 74.4 cm³/mol. The first-order valence-electron chi connectivity index (χ1n) is 6.95. The molecular weight excluding hydrogens is 293 g/mol. The number of nitrogens with zero attached hydrogens (tertiary/aromatic N) is 2. The maximum absolute atomic E-state index is 13.3. The van der Waals surface area contributed by atoms with Crippen LogP contribution in [0.1, 0.15) is 18.4 Å². The molecule has 2 aliphatic heterocycles. The van der Waals surface area contributed by atoms with Crippen molar-refractivity contribution in [2.75, 3.05) is 19.6 Å². The van der Waals surface area contributed by atoms with Crippen LogP contribution in [0.4, 0.5) is 4.39 Å². The molecule has 1 aromatic carbocycles. The third-order valence-electron chi connectivity index (χ3n) is 4.26. The Bertz CT molecular complexity index is 685. The standard InChI is InChI=1S/C14H16FN3O2S/c15-13-4-3-12(6-11(13)7-16)21(19,20)18-8-10-2-1-5-17-14(10)9-18/h3-4,6,10,14,17H,1-2,5,8-9H2. The fourth-order valence-corrected chi connectivity index (χ4v) is 4.65. The first kappa shape index (κ1) is 14.4. The summed E-state index contributed by atoms with van der Waals surface area (Å²) in [4.78, 5) is -0.0147. The predicted octanol–water partition coefficient (Wildman–Crippen LogP) is 1.07. The van der Waals surface area contributed by atoms with Gasteiger partial charge in [0.1, 0.15) is 11.9 Å². The van der Waals surface area contributed by atoms with Gasteiger partial charge >= 0.3 is 0 Å². The van der Waals surface area contributed by atoms with Gasteiger partial charge in [-0.05, 0) is 43.5 Å². The quantitative estimate of drug-likeness (QED) is 0.887. The van der Waals surface area contributed by atoms with Crippen LogP contribution in [-0.2, 0) is 10.0 Å². The van der Waals surface area contributed by atoms with E-state index in [2.05, 4.69) is 5.32 Å². The summed E-state index contributed by atoms with van der Waals surface area (Å²) in [6, 6.07) is 5.25. The van der Waals surface area contributed by atoms with Crippen LogP contribution in [0.2, 0.25) is 0 Å². The number of rotatable bonds is 2. The highest BCUT2D eigenvalue weighted by Gasteiger charge is 2.40. The van der Waals surface area contributed by atoms with Crippen LogP contribution in [0.3, 0.4) is 0 Å². The molecule has 0 radical (unpaired) electrons. The zero-order chi connectivity index (χ0) is 15.0. The summed E-state index contributed by atoms with van der Waals surface area (Å²) in [5, 5.41) is 12.2. The summed E-state index contributed by atoms with van der Waals surface area (Å²) in [6.07, 6.45) is 2.08. The molecule has 2 fully saturated rings. The average Bonchev–Trinajstić information content (AvgIpc) is 2.92. The number of benzene rings is 1. The SMILES string of the molecule is N#Cc1cc(S(=O)(=O)N2CC3CCCNC3C2)ccc1F. The number of piperidine rings is 1. The van der Waals surface area contributed by atoms with E-state index in [1.165, 1.54) is 10.4 Å². The molecule has 0 saturated carbocycles. The first-order valence-corrected chi connectivity index (χ1v) is 8.39. The monoisotopic (exact) mass is 309 g/mol. The molecule has 0 aromatic heterocycles. The van der Waals surface area contributed by atoms with Crippen molar-refractivity contribution in [3.63, 3.8) is 0 Å². The van der Waals surface area contributed by atoms with Gasteiger partial charge in [-0.2, -0.15) is 9.57 Å². The average molecular weight is 309 g/mol. The van der Waals surface area contributed by atoms with Gasteiger partial charge in [-0.25, -0.2) is 12.8 Å². The van der Waals surface area contributed by atoms with E-state index in [0.29, 0.717) is 19.0 Å². The maximum Gasteiger partial charge on any atom is 0.243 e. The van der Waals surface area contributed by atoms with Crippen LogP contribution < -0.4 is 5.32 Å². The van der Waals surface area contributed by atoms with Gasteiger partial charge < -0.3 is 5.32 Å². The van der Waals surface area contributed by atoms with E-state index in [1.807, 2.05) is 0 Å². The van der Waals surface area contributed by atoms with Gasteiger partial charge in [0.05, 0.1) is 10.5 Å². The Morgan fingerprint density at radius 1 is 1.38 bits per heavy atom. The molecule has 2 atom stereocenters. The van der Waals surface area contributed by atoms with Crippen molar-refractivity contribution in [1.82, 2.24) is 9.62 Å². The number of halogens is 1. The van der Waals surface area contributed by atoms with Crippen molar-refractivity contribution < 1.29 is 12.8 Å². The van der Waals surface area contributed by atoms with Gasteiger partial charge in [0.25, 0.3) is 0 Å². The lowest BCUT2D eigenvalue weighted by Crippen LogP contribution is -2.41. The van der Waals surface area contributed by atoms with Crippen molar-refractivity contribution in [2.24, 2.45) is 5.92 Å². The highest BCUT2D eigenvalue weighted by molar-refractivity contribution is 7.89. The Balaban J connectivity index is 1.89. The van der Waals surface area contributed by atoms with Crippen LogP contribution >= 0.6 is 0 Å². The van der Waals surface area contributed by atoms with Gasteiger partial charge in [0, 0.05) is 19.1 Å². The van der Waals surface area contributed by atoms with Crippen molar-refractivity contribution in [1.29, 1.82) is 5.26 Å². The molecule has 3 rings (SSSR count). The second-order valence-corrected chi connectivity index (χ2v) is 7.48. The molecular formula is C14H16FN3O2S. The lowest BCUT2D eigenvalue weighted by Gasteiger charge is -2.24. The second kappa shape index (κ2) is 5.37. The van der Waals surface area contributed by atoms with E-state index in [0.717, 1.165) is 31.5 Å². The summed E-state index contributed by atoms with van der Waals surface area (Å²) in [5.41, 5.74) is -0.245. The summed E-state index contributed by atoms with van der Waals surface area (Å²) in [5.74, 6) is -0.363. The first-order chi connectivity index (χ1) is 10.0. The van der Waals surface area contributed by atoms with Crippen molar-refractivity contribution in [3.8, 4) is 6.07 Å². The number of fused-ring (bicyclic) bond motifs is 1. The van der Waals surface area contributed by atoms with Crippen molar-refractivity contribution in [2.45, 2.75) is 23.8 Å². The Kier molecular flexibility index (Phi) is 3.69. The zero-order valence-electron chi connectivity index (χ0n) is 11.4. The van der Waals surface area contributed by atoms with Crippen LogP contribution in [0.5, 0.6) is 0 Å². The van der Waals surface area contributed by atoms with Crippen LogP contribution in [0.25, 0.3) is 0 Å². The lowest BCUT2D eigenvalue weighted by atomic mass is 9.94. The minimum atomic E-state index is -3.67. The van der Waals surface area contributed by atoms with Crippen molar-refractivity contribution >= 4 is 10.0 Å². The number of hydrogen-bond donors (Lipinski definition) is 1. The lowest BCUT2D eigenvalue weighted by molar-refractivity contribution is 0.339. The number of hydrogen-bond acceptors (Lipinski definition) is 4. The van der Waals surface area contributed by atoms with E-state index >= 15 is 0 Å². The van der Waals surface area contributed by atoms with Gasteiger partial charge in [-0.3, -0.25) is 0 Å². The zero-order valence-corrected chi connectivity index (χ0v) is 12.2. The largest absolute Gasteiger partial charge is 0.312 e. The molecule has 1 N–H and O–H groups in total.